The lowest BCUT2D eigenvalue weighted by molar-refractivity contribution is -0.138. The van der Waals surface area contributed by atoms with Crippen LogP contribution in [-0.2, 0) is 22.4 Å². The third kappa shape index (κ3) is 3.73. The summed E-state index contributed by atoms with van der Waals surface area (Å²) in [7, 11) is 0. The van der Waals surface area contributed by atoms with Gasteiger partial charge in [-0.25, -0.2) is 4.79 Å². The van der Waals surface area contributed by atoms with Gasteiger partial charge in [-0.2, -0.15) is 0 Å². The highest BCUT2D eigenvalue weighted by atomic mass is 16.6. The average molecular weight is 354 g/mol. The number of hydrogen-bond acceptors (Lipinski definition) is 5. The zero-order valence-electron chi connectivity index (χ0n) is 14.6. The monoisotopic (exact) mass is 354 g/mol. The molecule has 0 amide bonds. The second-order valence-electron chi connectivity index (χ2n) is 5.83. The number of benzene rings is 2. The number of aliphatic hydroxyl groups excluding tert-OH is 1. The minimum atomic E-state index is -0.462. The van der Waals surface area contributed by atoms with Gasteiger partial charge in [0.15, 0.2) is 0 Å². The summed E-state index contributed by atoms with van der Waals surface area (Å²) in [5, 5.41) is 11.1. The molecule has 1 aliphatic carbocycles. The molecule has 0 heterocycles. The molecule has 0 fully saturated rings. The average Bonchev–Trinajstić information content (AvgIpc) is 2.69. The first-order chi connectivity index (χ1) is 12.8. The fourth-order valence-electron chi connectivity index (χ4n) is 3.13. The Labute approximate surface area is 152 Å². The minimum Gasteiger partial charge on any atom is -0.490 e. The Morgan fingerprint density at radius 2 is 1.58 bits per heavy atom. The molecule has 0 radical (unpaired) electrons. The van der Waals surface area contributed by atoms with Gasteiger partial charge in [-0.1, -0.05) is 43.0 Å². The van der Waals surface area contributed by atoms with Gasteiger partial charge in [0.25, 0.3) is 0 Å². The fourth-order valence-corrected chi connectivity index (χ4v) is 3.13. The van der Waals surface area contributed by atoms with E-state index in [2.05, 4.69) is 18.7 Å². The molecular formula is C21H22O5. The maximum absolute atomic E-state index is 11.2. The number of ether oxygens (including phenoxy) is 3. The standard InChI is InChI=1S/C21H22O5/c1-2-19(23)24-13-14-26-21-17-9-5-3-7-15(17)20(25-12-11-22)16-8-4-6-10-18(16)21/h2-7,9,22H,1,8,10-14H2. The summed E-state index contributed by atoms with van der Waals surface area (Å²) in [6, 6.07) is 7.89. The van der Waals surface area contributed by atoms with Crippen LogP contribution in [0, 0.1) is 0 Å². The van der Waals surface area contributed by atoms with Gasteiger partial charge in [0.2, 0.25) is 0 Å². The van der Waals surface area contributed by atoms with Gasteiger partial charge < -0.3 is 19.3 Å². The van der Waals surface area contributed by atoms with Crippen LogP contribution in [0.25, 0.3) is 10.8 Å². The minimum absolute atomic E-state index is 0.0359. The summed E-state index contributed by atoms with van der Waals surface area (Å²) < 4.78 is 16.9. The van der Waals surface area contributed by atoms with Gasteiger partial charge in [-0.15, -0.1) is 0 Å². The number of allylic oxidation sites excluding steroid dienone is 2. The molecule has 136 valence electrons. The van der Waals surface area contributed by atoms with Crippen molar-refractivity contribution in [2.24, 2.45) is 0 Å². The Kier molecular flexibility index (Phi) is 5.92. The Morgan fingerprint density at radius 1 is 1.00 bits per heavy atom. The van der Waals surface area contributed by atoms with Crippen molar-refractivity contribution in [3.63, 3.8) is 0 Å². The number of fused-ring (bicyclic) bond motifs is 2. The van der Waals surface area contributed by atoms with Gasteiger partial charge in [0, 0.05) is 28.0 Å². The van der Waals surface area contributed by atoms with Crippen LogP contribution in [0.1, 0.15) is 11.1 Å². The van der Waals surface area contributed by atoms with Crippen molar-refractivity contribution < 1.29 is 24.1 Å². The summed E-state index contributed by atoms with van der Waals surface area (Å²) in [5.41, 5.74) is 2.16. The molecule has 0 atom stereocenters. The van der Waals surface area contributed by atoms with E-state index in [1.807, 2.05) is 24.3 Å². The maximum Gasteiger partial charge on any atom is 0.330 e. The number of rotatable bonds is 8. The van der Waals surface area contributed by atoms with Crippen molar-refractivity contribution in [1.29, 1.82) is 0 Å². The topological polar surface area (TPSA) is 65.0 Å². The third-order valence-electron chi connectivity index (χ3n) is 4.22. The molecule has 2 aromatic rings. The van der Waals surface area contributed by atoms with Gasteiger partial charge in [0.1, 0.15) is 31.3 Å². The van der Waals surface area contributed by atoms with Crippen LogP contribution in [0.4, 0.5) is 0 Å². The van der Waals surface area contributed by atoms with Gasteiger partial charge in [-0.3, -0.25) is 0 Å². The third-order valence-corrected chi connectivity index (χ3v) is 4.22. The van der Waals surface area contributed by atoms with Crippen LogP contribution in [-0.4, -0.2) is 37.5 Å². The van der Waals surface area contributed by atoms with E-state index in [4.69, 9.17) is 19.3 Å². The van der Waals surface area contributed by atoms with Crippen molar-refractivity contribution in [1.82, 2.24) is 0 Å². The van der Waals surface area contributed by atoms with Gasteiger partial charge >= 0.3 is 5.97 Å². The van der Waals surface area contributed by atoms with E-state index in [9.17, 15) is 4.79 Å². The van der Waals surface area contributed by atoms with E-state index < -0.39 is 5.97 Å². The molecule has 5 heteroatoms. The van der Waals surface area contributed by atoms with E-state index in [-0.39, 0.29) is 26.4 Å². The zero-order valence-corrected chi connectivity index (χ0v) is 14.6. The Hall–Kier alpha value is -2.79. The lowest BCUT2D eigenvalue weighted by atomic mass is 9.90. The van der Waals surface area contributed by atoms with E-state index in [1.54, 1.807) is 0 Å². The van der Waals surface area contributed by atoms with Crippen LogP contribution >= 0.6 is 0 Å². The largest absolute Gasteiger partial charge is 0.490 e. The second kappa shape index (κ2) is 8.54. The first-order valence-electron chi connectivity index (χ1n) is 8.63. The summed E-state index contributed by atoms with van der Waals surface area (Å²) in [6.45, 7) is 4.01. The van der Waals surface area contributed by atoms with E-state index in [1.165, 1.54) is 0 Å². The number of carbonyl (C=O) groups excluding carboxylic acids is 1. The first-order valence-corrected chi connectivity index (χ1v) is 8.63. The van der Waals surface area contributed by atoms with Crippen molar-refractivity contribution in [3.05, 3.63) is 60.2 Å². The number of hydrogen-bond donors (Lipinski definition) is 1. The predicted octanol–water partition coefficient (Wildman–Crippen LogP) is 2.97. The van der Waals surface area contributed by atoms with Crippen molar-refractivity contribution in [3.8, 4) is 11.5 Å². The fraction of sp³-hybridized carbons (Fsp3) is 0.286. The van der Waals surface area contributed by atoms with Crippen molar-refractivity contribution >= 4 is 16.7 Å². The number of esters is 1. The Bertz CT molecular complexity index is 838. The smallest absolute Gasteiger partial charge is 0.330 e. The maximum atomic E-state index is 11.2. The Morgan fingerprint density at radius 3 is 2.12 bits per heavy atom. The highest BCUT2D eigenvalue weighted by molar-refractivity contribution is 5.96. The van der Waals surface area contributed by atoms with E-state index in [0.717, 1.165) is 52.3 Å². The molecule has 0 unspecified atom stereocenters. The summed E-state index contributed by atoms with van der Waals surface area (Å²) in [6.07, 6.45) is 6.85. The molecule has 2 aromatic carbocycles. The zero-order chi connectivity index (χ0) is 18.4. The van der Waals surface area contributed by atoms with Gasteiger partial charge in [-0.05, 0) is 12.8 Å². The quantitative estimate of drug-likeness (QED) is 0.342. The second-order valence-corrected chi connectivity index (χ2v) is 5.83. The van der Waals surface area contributed by atoms with Crippen molar-refractivity contribution in [2.75, 3.05) is 26.4 Å². The summed E-state index contributed by atoms with van der Waals surface area (Å²) in [5.74, 6) is 1.14. The van der Waals surface area contributed by atoms with Crippen LogP contribution in [0.3, 0.4) is 0 Å². The predicted molar refractivity (Wildman–Crippen MR) is 99.7 cm³/mol. The summed E-state index contributed by atoms with van der Waals surface area (Å²) >= 11 is 0. The SMILES string of the molecule is C=CC(=O)OCCOc1c2c(c(OCCO)c3ccccc13)CC=CC2. The molecule has 3 rings (SSSR count). The van der Waals surface area contributed by atoms with Crippen LogP contribution < -0.4 is 9.47 Å². The number of aliphatic hydroxyl groups is 1. The van der Waals surface area contributed by atoms with Crippen LogP contribution in [0.5, 0.6) is 11.5 Å². The molecule has 0 aromatic heterocycles. The first kappa shape index (κ1) is 18.0. The lowest BCUT2D eigenvalue weighted by Crippen LogP contribution is -2.13. The van der Waals surface area contributed by atoms with Crippen molar-refractivity contribution in [2.45, 2.75) is 12.8 Å². The molecule has 0 saturated heterocycles. The van der Waals surface area contributed by atoms with Crippen LogP contribution in [0.2, 0.25) is 0 Å². The Balaban J connectivity index is 1.97. The number of carbonyl (C=O) groups is 1. The molecule has 26 heavy (non-hydrogen) atoms. The molecule has 0 aliphatic heterocycles. The highest BCUT2D eigenvalue weighted by Gasteiger charge is 2.22. The summed E-state index contributed by atoms with van der Waals surface area (Å²) in [4.78, 5) is 11.2. The molecular weight excluding hydrogens is 332 g/mol. The molecule has 1 aliphatic rings. The molecule has 0 saturated carbocycles. The lowest BCUT2D eigenvalue weighted by Gasteiger charge is -2.23. The van der Waals surface area contributed by atoms with E-state index >= 15 is 0 Å². The molecule has 1 N–H and O–H groups in total. The van der Waals surface area contributed by atoms with Crippen LogP contribution in [0.15, 0.2) is 49.1 Å². The molecule has 5 nitrogen and oxygen atoms in total. The highest BCUT2D eigenvalue weighted by Crippen LogP contribution is 2.43. The van der Waals surface area contributed by atoms with E-state index in [0.29, 0.717) is 0 Å². The van der Waals surface area contributed by atoms with Gasteiger partial charge in [0.05, 0.1) is 6.61 Å². The molecule has 0 bridgehead atoms. The normalized spacial score (nSPS) is 12.5. The molecule has 0 spiro atoms.